The molecule has 6 fully saturated rings. The van der Waals surface area contributed by atoms with Gasteiger partial charge in [-0.15, -0.1) is 0 Å². The van der Waals surface area contributed by atoms with Crippen molar-refractivity contribution in [1.82, 2.24) is 5.32 Å². The molecule has 1 heterocycles. The van der Waals surface area contributed by atoms with Crippen LogP contribution in [0.2, 0.25) is 0 Å². The zero-order chi connectivity index (χ0) is 25.1. The summed E-state index contributed by atoms with van der Waals surface area (Å²) in [6.45, 7) is 1.22. The summed E-state index contributed by atoms with van der Waals surface area (Å²) < 4.78 is 29.6. The van der Waals surface area contributed by atoms with Crippen molar-refractivity contribution in [3.05, 3.63) is 0 Å². The molecule has 1 aliphatic heterocycles. The standard InChI is InChI=1S/C25H37NO9/c1-11(27)35-10-22-7-6-15(32-3)24-13-8-12-14(31-2)9-23(29,16(13)17(12)33-4)25(30,19(34-5)18(22)24)20(24)26-21(22)28/h12-20,29-30H,6-10H2,1-5H3,(H,26,28)/t12-,13-,14+,15+,16-,17+,18-,19+,20?,22+,23-,24+,25+/m1/s1. The van der Waals surface area contributed by atoms with Gasteiger partial charge >= 0.3 is 5.97 Å². The highest BCUT2D eigenvalue weighted by molar-refractivity contribution is 5.87. The van der Waals surface area contributed by atoms with Gasteiger partial charge in [-0.1, -0.05) is 0 Å². The van der Waals surface area contributed by atoms with Crippen LogP contribution in [0.3, 0.4) is 0 Å². The van der Waals surface area contributed by atoms with Crippen LogP contribution in [-0.4, -0.2) is 98.8 Å². The summed E-state index contributed by atoms with van der Waals surface area (Å²) >= 11 is 0. The fourth-order valence-corrected chi connectivity index (χ4v) is 10.4. The summed E-state index contributed by atoms with van der Waals surface area (Å²) in [4.78, 5) is 25.7. The van der Waals surface area contributed by atoms with E-state index in [1.54, 1.807) is 21.3 Å². The predicted octanol–water partition coefficient (Wildman–Crippen LogP) is -0.364. The van der Waals surface area contributed by atoms with E-state index in [9.17, 15) is 19.8 Å². The molecule has 1 saturated heterocycles. The maximum atomic E-state index is 13.8. The fraction of sp³-hybridized carbons (Fsp3) is 0.920. The summed E-state index contributed by atoms with van der Waals surface area (Å²) in [7, 11) is 6.46. The van der Waals surface area contributed by atoms with Crippen LogP contribution in [0.4, 0.5) is 0 Å². The third-order valence-electron chi connectivity index (χ3n) is 11.2. The number of fused-ring (bicyclic) bond motifs is 2. The predicted molar refractivity (Wildman–Crippen MR) is 119 cm³/mol. The smallest absolute Gasteiger partial charge is 0.302 e. The summed E-state index contributed by atoms with van der Waals surface area (Å²) in [5.41, 5.74) is -5.27. The highest BCUT2D eigenvalue weighted by Gasteiger charge is 2.92. The van der Waals surface area contributed by atoms with E-state index < -0.39 is 46.1 Å². The minimum atomic E-state index is -1.81. The average molecular weight is 496 g/mol. The molecule has 6 rings (SSSR count). The van der Waals surface area contributed by atoms with Crippen LogP contribution in [0, 0.1) is 34.5 Å². The minimum absolute atomic E-state index is 0.0392. The Bertz CT molecular complexity index is 946. The highest BCUT2D eigenvalue weighted by atomic mass is 16.5. The summed E-state index contributed by atoms with van der Waals surface area (Å²) in [5, 5.41) is 28.5. The van der Waals surface area contributed by atoms with Gasteiger partial charge in [-0.3, -0.25) is 9.59 Å². The van der Waals surface area contributed by atoms with Gasteiger partial charge in [-0.2, -0.15) is 0 Å². The van der Waals surface area contributed by atoms with E-state index in [0.717, 1.165) is 0 Å². The molecule has 1 spiro atoms. The van der Waals surface area contributed by atoms with Crippen molar-refractivity contribution < 1.29 is 43.5 Å². The van der Waals surface area contributed by atoms with Crippen molar-refractivity contribution in [2.75, 3.05) is 35.0 Å². The van der Waals surface area contributed by atoms with Crippen LogP contribution in [0.5, 0.6) is 0 Å². The Morgan fingerprint density at radius 3 is 2.46 bits per heavy atom. The summed E-state index contributed by atoms with van der Waals surface area (Å²) in [6.07, 6.45) is 0.120. The van der Waals surface area contributed by atoms with Gasteiger partial charge in [-0.05, 0) is 25.2 Å². The molecule has 13 atom stereocenters. The van der Waals surface area contributed by atoms with Crippen molar-refractivity contribution in [3.8, 4) is 0 Å². The second-order valence-electron chi connectivity index (χ2n) is 11.7. The Balaban J connectivity index is 1.63. The Kier molecular flexibility index (Phi) is 5.08. The van der Waals surface area contributed by atoms with Gasteiger partial charge in [-0.25, -0.2) is 0 Å². The number of aliphatic hydroxyl groups is 2. The number of esters is 1. The van der Waals surface area contributed by atoms with Gasteiger partial charge in [0, 0.05) is 65.0 Å². The lowest BCUT2D eigenvalue weighted by Crippen LogP contribution is -2.82. The summed E-state index contributed by atoms with van der Waals surface area (Å²) in [5.74, 6) is -1.72. The van der Waals surface area contributed by atoms with Crippen LogP contribution in [0.1, 0.15) is 32.6 Å². The third kappa shape index (κ3) is 2.34. The molecule has 35 heavy (non-hydrogen) atoms. The molecule has 5 saturated carbocycles. The summed E-state index contributed by atoms with van der Waals surface area (Å²) in [6, 6.07) is -0.786. The van der Waals surface area contributed by atoms with E-state index in [1.165, 1.54) is 14.0 Å². The van der Waals surface area contributed by atoms with Crippen LogP contribution in [0.25, 0.3) is 0 Å². The van der Waals surface area contributed by atoms with Crippen LogP contribution in [-0.2, 0) is 33.3 Å². The van der Waals surface area contributed by atoms with Gasteiger partial charge in [0.25, 0.3) is 0 Å². The van der Waals surface area contributed by atoms with E-state index >= 15 is 0 Å². The lowest BCUT2D eigenvalue weighted by Gasteiger charge is -2.67. The highest BCUT2D eigenvalue weighted by Crippen LogP contribution is 2.79. The Morgan fingerprint density at radius 2 is 1.86 bits per heavy atom. The SMILES string of the molecule is CO[C@H]1[C@@H]2C[C@@H]3[C@H]1[C@](O)(C[C@@H]2OC)[C@@]1(O)C2NC(=O)[C@]4(COC(C)=O)CC[C@H](OC)[C@@]23[C@@H]4[C@@H]1OC. The Labute approximate surface area is 204 Å². The molecule has 3 N–H and O–H groups in total. The molecule has 0 radical (unpaired) electrons. The molecule has 1 amide bonds. The number of amides is 1. The van der Waals surface area contributed by atoms with Crippen molar-refractivity contribution in [3.63, 3.8) is 0 Å². The Hall–Kier alpha value is -1.30. The minimum Gasteiger partial charge on any atom is -0.465 e. The Morgan fingerprint density at radius 1 is 1.11 bits per heavy atom. The number of piperidine rings is 1. The van der Waals surface area contributed by atoms with Gasteiger partial charge in [0.15, 0.2) is 0 Å². The van der Waals surface area contributed by atoms with Gasteiger partial charge in [0.1, 0.15) is 17.8 Å². The van der Waals surface area contributed by atoms with Crippen LogP contribution < -0.4 is 5.32 Å². The number of nitrogens with one attached hydrogen (secondary N) is 1. The molecule has 0 aromatic heterocycles. The second kappa shape index (κ2) is 7.39. The zero-order valence-corrected chi connectivity index (χ0v) is 21.0. The molecular formula is C25H37NO9. The average Bonchev–Trinajstić information content (AvgIpc) is 3.24. The van der Waals surface area contributed by atoms with E-state index in [2.05, 4.69) is 5.32 Å². The van der Waals surface area contributed by atoms with Crippen LogP contribution in [0.15, 0.2) is 0 Å². The third-order valence-corrected chi connectivity index (χ3v) is 11.2. The normalized spacial score (nSPS) is 57.1. The van der Waals surface area contributed by atoms with Gasteiger partial charge in [0.05, 0.1) is 35.9 Å². The molecule has 7 bridgehead atoms. The van der Waals surface area contributed by atoms with Crippen molar-refractivity contribution in [2.45, 2.75) is 74.3 Å². The number of rotatable bonds is 6. The first-order valence-electron chi connectivity index (χ1n) is 12.6. The number of carbonyl (C=O) groups excluding carboxylic acids is 2. The molecule has 5 aliphatic carbocycles. The monoisotopic (exact) mass is 495 g/mol. The molecule has 196 valence electrons. The van der Waals surface area contributed by atoms with E-state index in [1.807, 2.05) is 0 Å². The molecule has 10 heteroatoms. The van der Waals surface area contributed by atoms with E-state index in [0.29, 0.717) is 19.3 Å². The number of hydrogen-bond donors (Lipinski definition) is 3. The quantitative estimate of drug-likeness (QED) is 0.423. The molecular weight excluding hydrogens is 458 g/mol. The number of methoxy groups -OCH3 is 4. The van der Waals surface area contributed by atoms with Crippen molar-refractivity contribution in [1.29, 1.82) is 0 Å². The first kappa shape index (κ1) is 24.1. The second-order valence-corrected chi connectivity index (χ2v) is 11.7. The largest absolute Gasteiger partial charge is 0.465 e. The van der Waals surface area contributed by atoms with Crippen molar-refractivity contribution in [2.24, 2.45) is 34.5 Å². The van der Waals surface area contributed by atoms with Crippen molar-refractivity contribution >= 4 is 11.9 Å². The number of hydrogen-bond acceptors (Lipinski definition) is 9. The van der Waals surface area contributed by atoms with Crippen LogP contribution >= 0.6 is 0 Å². The van der Waals surface area contributed by atoms with Gasteiger partial charge in [0.2, 0.25) is 5.91 Å². The lowest BCUT2D eigenvalue weighted by atomic mass is 9.43. The topological polar surface area (TPSA) is 133 Å². The molecule has 6 aliphatic rings. The maximum absolute atomic E-state index is 13.8. The molecule has 0 aromatic rings. The first-order chi connectivity index (χ1) is 16.6. The van der Waals surface area contributed by atoms with E-state index in [4.69, 9.17) is 23.7 Å². The first-order valence-corrected chi connectivity index (χ1v) is 12.6. The maximum Gasteiger partial charge on any atom is 0.302 e. The fourth-order valence-electron chi connectivity index (χ4n) is 10.4. The number of carbonyl (C=O) groups is 2. The number of ether oxygens (including phenoxy) is 5. The zero-order valence-electron chi connectivity index (χ0n) is 21.0. The van der Waals surface area contributed by atoms with Gasteiger partial charge < -0.3 is 39.2 Å². The lowest BCUT2D eigenvalue weighted by molar-refractivity contribution is -0.299. The molecule has 1 unspecified atom stereocenters. The van der Waals surface area contributed by atoms with E-state index in [-0.39, 0.29) is 55.0 Å². The molecule has 10 nitrogen and oxygen atoms in total. The molecule has 0 aromatic carbocycles.